The average Bonchev–Trinajstić information content (AvgIpc) is 2.95. The normalized spacial score (nSPS) is 16.8. The van der Waals surface area contributed by atoms with Gasteiger partial charge in [-0.05, 0) is 37.6 Å². The summed E-state index contributed by atoms with van der Waals surface area (Å²) < 4.78 is 0. The molecule has 1 aliphatic heterocycles. The van der Waals surface area contributed by atoms with Crippen molar-refractivity contribution in [1.29, 1.82) is 0 Å². The number of hydrogen-bond acceptors (Lipinski definition) is 5. The second kappa shape index (κ2) is 10.2. The SMILES string of the molecule is CCCN(CC(=O)Nc1ccc(Cl)cc1Cl)CC(=O)NC1CCSC1=O. The Kier molecular flexibility index (Phi) is 8.21. The van der Waals surface area contributed by atoms with Crippen LogP contribution in [0.15, 0.2) is 18.2 Å². The zero-order valence-electron chi connectivity index (χ0n) is 14.4. The molecule has 0 spiro atoms. The molecule has 1 atom stereocenters. The van der Waals surface area contributed by atoms with Gasteiger partial charge < -0.3 is 10.6 Å². The Hall–Kier alpha value is -1.28. The molecule has 0 saturated carbocycles. The van der Waals surface area contributed by atoms with Crippen molar-refractivity contribution in [3.63, 3.8) is 0 Å². The van der Waals surface area contributed by atoms with Gasteiger partial charge in [0.2, 0.25) is 16.9 Å². The van der Waals surface area contributed by atoms with Gasteiger partial charge in [-0.25, -0.2) is 0 Å². The lowest BCUT2D eigenvalue weighted by molar-refractivity contribution is -0.126. The highest BCUT2D eigenvalue weighted by Crippen LogP contribution is 2.25. The topological polar surface area (TPSA) is 78.5 Å². The average molecular weight is 418 g/mol. The third kappa shape index (κ3) is 6.46. The quantitative estimate of drug-likeness (QED) is 0.679. The fourth-order valence-corrected chi connectivity index (χ4v) is 3.97. The van der Waals surface area contributed by atoms with Gasteiger partial charge in [0.05, 0.1) is 29.8 Å². The van der Waals surface area contributed by atoms with Gasteiger partial charge in [-0.2, -0.15) is 0 Å². The minimum atomic E-state index is -0.419. The fraction of sp³-hybridized carbons (Fsp3) is 0.471. The van der Waals surface area contributed by atoms with Gasteiger partial charge in [0.1, 0.15) is 0 Å². The van der Waals surface area contributed by atoms with Crippen molar-refractivity contribution in [2.45, 2.75) is 25.8 Å². The molecule has 6 nitrogen and oxygen atoms in total. The van der Waals surface area contributed by atoms with E-state index in [1.807, 2.05) is 6.92 Å². The second-order valence-electron chi connectivity index (χ2n) is 5.96. The van der Waals surface area contributed by atoms with Crippen molar-refractivity contribution in [2.24, 2.45) is 0 Å². The zero-order chi connectivity index (χ0) is 19.1. The molecule has 2 rings (SSSR count). The van der Waals surface area contributed by atoms with Crippen LogP contribution in [-0.4, -0.2) is 53.3 Å². The highest BCUT2D eigenvalue weighted by atomic mass is 35.5. The van der Waals surface area contributed by atoms with E-state index in [2.05, 4.69) is 10.6 Å². The molecule has 1 saturated heterocycles. The van der Waals surface area contributed by atoms with Gasteiger partial charge in [0, 0.05) is 10.8 Å². The number of carbonyl (C=O) groups is 3. The van der Waals surface area contributed by atoms with Gasteiger partial charge in [0.15, 0.2) is 0 Å². The summed E-state index contributed by atoms with van der Waals surface area (Å²) in [5.74, 6) is 0.201. The highest BCUT2D eigenvalue weighted by Gasteiger charge is 2.27. The summed E-state index contributed by atoms with van der Waals surface area (Å²) >= 11 is 13.1. The second-order valence-corrected chi connectivity index (χ2v) is 7.90. The van der Waals surface area contributed by atoms with Crippen LogP contribution in [0.3, 0.4) is 0 Å². The van der Waals surface area contributed by atoms with Crippen LogP contribution < -0.4 is 10.6 Å². The Bertz CT molecular complexity index is 687. The molecule has 1 aliphatic rings. The third-order valence-corrected chi connectivity index (χ3v) is 5.31. The summed E-state index contributed by atoms with van der Waals surface area (Å²) in [5, 5.41) is 6.29. The Labute approximate surface area is 167 Å². The Balaban J connectivity index is 1.88. The third-order valence-electron chi connectivity index (χ3n) is 3.75. The molecule has 1 aromatic carbocycles. The lowest BCUT2D eigenvalue weighted by Crippen LogP contribution is -2.45. The first-order chi connectivity index (χ1) is 12.4. The molecule has 0 aromatic heterocycles. The molecule has 1 heterocycles. The fourth-order valence-electron chi connectivity index (χ4n) is 2.58. The molecule has 1 unspecified atom stereocenters. The van der Waals surface area contributed by atoms with E-state index in [0.29, 0.717) is 28.7 Å². The lowest BCUT2D eigenvalue weighted by Gasteiger charge is -2.21. The molecule has 1 fully saturated rings. The Morgan fingerprint density at radius 2 is 2.00 bits per heavy atom. The number of benzene rings is 1. The summed E-state index contributed by atoms with van der Waals surface area (Å²) in [6.45, 7) is 2.66. The number of amides is 2. The molecule has 2 amide bonds. The Morgan fingerprint density at radius 3 is 2.62 bits per heavy atom. The van der Waals surface area contributed by atoms with Crippen LogP contribution in [0.25, 0.3) is 0 Å². The van der Waals surface area contributed by atoms with Crippen LogP contribution in [0.1, 0.15) is 19.8 Å². The first-order valence-corrected chi connectivity index (χ1v) is 10.1. The maximum atomic E-state index is 12.3. The van der Waals surface area contributed by atoms with Gasteiger partial charge in [-0.3, -0.25) is 19.3 Å². The van der Waals surface area contributed by atoms with E-state index in [1.165, 1.54) is 11.8 Å². The number of anilines is 1. The van der Waals surface area contributed by atoms with Crippen molar-refractivity contribution in [3.05, 3.63) is 28.2 Å². The molecule has 0 aliphatic carbocycles. The van der Waals surface area contributed by atoms with E-state index in [0.717, 1.165) is 12.2 Å². The van der Waals surface area contributed by atoms with Crippen molar-refractivity contribution >= 4 is 57.6 Å². The summed E-state index contributed by atoms with van der Waals surface area (Å²) in [6.07, 6.45) is 1.44. The zero-order valence-corrected chi connectivity index (χ0v) is 16.7. The van der Waals surface area contributed by atoms with Crippen LogP contribution in [0, 0.1) is 0 Å². The van der Waals surface area contributed by atoms with Crippen LogP contribution in [0.5, 0.6) is 0 Å². The number of nitrogens with one attached hydrogen (secondary N) is 2. The number of nitrogens with zero attached hydrogens (tertiary/aromatic N) is 1. The van der Waals surface area contributed by atoms with Gasteiger partial charge in [-0.1, -0.05) is 41.9 Å². The van der Waals surface area contributed by atoms with E-state index >= 15 is 0 Å². The molecule has 0 radical (unpaired) electrons. The van der Waals surface area contributed by atoms with E-state index < -0.39 is 6.04 Å². The van der Waals surface area contributed by atoms with Crippen LogP contribution in [0.2, 0.25) is 10.0 Å². The number of carbonyl (C=O) groups excluding carboxylic acids is 3. The maximum Gasteiger partial charge on any atom is 0.238 e. The summed E-state index contributed by atoms with van der Waals surface area (Å²) in [6, 6.07) is 4.39. The predicted octanol–water partition coefficient (Wildman–Crippen LogP) is 2.79. The van der Waals surface area contributed by atoms with E-state index in [-0.39, 0.29) is 30.0 Å². The first-order valence-electron chi connectivity index (χ1n) is 8.32. The molecule has 142 valence electrons. The lowest BCUT2D eigenvalue weighted by atomic mass is 10.2. The van der Waals surface area contributed by atoms with E-state index in [4.69, 9.17) is 23.2 Å². The van der Waals surface area contributed by atoms with Crippen LogP contribution in [-0.2, 0) is 14.4 Å². The molecular weight excluding hydrogens is 397 g/mol. The van der Waals surface area contributed by atoms with Crippen molar-refractivity contribution in [3.8, 4) is 0 Å². The molecule has 0 bridgehead atoms. The van der Waals surface area contributed by atoms with Crippen molar-refractivity contribution < 1.29 is 14.4 Å². The minimum absolute atomic E-state index is 0.00415. The monoisotopic (exact) mass is 417 g/mol. The largest absolute Gasteiger partial charge is 0.344 e. The number of hydrogen-bond donors (Lipinski definition) is 2. The standard InChI is InChI=1S/C17H21Cl2N3O3S/c1-2-6-22(10-16(24)21-14-5-7-26-17(14)25)9-15(23)20-13-4-3-11(18)8-12(13)19/h3-4,8,14H,2,5-7,9-10H2,1H3,(H,20,23)(H,21,24). The number of halogens is 2. The predicted molar refractivity (Wildman–Crippen MR) is 106 cm³/mol. The number of thioether (sulfide) groups is 1. The number of rotatable bonds is 8. The molecule has 9 heteroatoms. The smallest absolute Gasteiger partial charge is 0.238 e. The van der Waals surface area contributed by atoms with Gasteiger partial charge in [0.25, 0.3) is 0 Å². The maximum absolute atomic E-state index is 12.3. The molecule has 2 N–H and O–H groups in total. The molecular formula is C17H21Cl2N3O3S. The Morgan fingerprint density at radius 1 is 1.27 bits per heavy atom. The molecule has 26 heavy (non-hydrogen) atoms. The summed E-state index contributed by atoms with van der Waals surface area (Å²) in [4.78, 5) is 37.8. The van der Waals surface area contributed by atoms with E-state index in [1.54, 1.807) is 23.1 Å². The van der Waals surface area contributed by atoms with Crippen molar-refractivity contribution in [1.82, 2.24) is 10.2 Å². The van der Waals surface area contributed by atoms with Crippen molar-refractivity contribution in [2.75, 3.05) is 30.7 Å². The first kappa shape index (κ1) is 21.0. The summed E-state index contributed by atoms with van der Waals surface area (Å²) in [7, 11) is 0. The van der Waals surface area contributed by atoms with Gasteiger partial charge in [-0.15, -0.1) is 0 Å². The highest BCUT2D eigenvalue weighted by molar-refractivity contribution is 8.14. The van der Waals surface area contributed by atoms with Crippen LogP contribution in [0.4, 0.5) is 5.69 Å². The summed E-state index contributed by atoms with van der Waals surface area (Å²) in [5.41, 5.74) is 0.468. The molecule has 1 aromatic rings. The van der Waals surface area contributed by atoms with Gasteiger partial charge >= 0.3 is 0 Å². The van der Waals surface area contributed by atoms with E-state index in [9.17, 15) is 14.4 Å². The van der Waals surface area contributed by atoms with Crippen LogP contribution >= 0.6 is 35.0 Å². The minimum Gasteiger partial charge on any atom is -0.344 e.